The van der Waals surface area contributed by atoms with Crippen LogP contribution in [0.2, 0.25) is 0 Å². The highest BCUT2D eigenvalue weighted by atomic mass is 16.2. The first-order valence-corrected chi connectivity index (χ1v) is 8.64. The summed E-state index contributed by atoms with van der Waals surface area (Å²) in [5.74, 6) is 0.193. The molecule has 3 nitrogen and oxygen atoms in total. The average Bonchev–Trinajstić information content (AvgIpc) is 2.57. The van der Waals surface area contributed by atoms with E-state index in [0.29, 0.717) is 0 Å². The summed E-state index contributed by atoms with van der Waals surface area (Å²) in [6.45, 7) is 10.8. The topological polar surface area (TPSA) is 23.6 Å². The third-order valence-electron chi connectivity index (χ3n) is 5.22. The van der Waals surface area contributed by atoms with E-state index in [-0.39, 0.29) is 11.9 Å². The molecule has 3 heteroatoms. The van der Waals surface area contributed by atoms with Crippen LogP contribution in [0.5, 0.6) is 0 Å². The number of nitrogens with zero attached hydrogens (tertiary/aromatic N) is 2. The van der Waals surface area contributed by atoms with Gasteiger partial charge in [-0.2, -0.15) is 0 Å². The van der Waals surface area contributed by atoms with Crippen LogP contribution >= 0.6 is 0 Å². The van der Waals surface area contributed by atoms with Crippen LogP contribution in [0, 0.1) is 20.8 Å². The Morgan fingerprint density at radius 2 is 1.71 bits per heavy atom. The summed E-state index contributed by atoms with van der Waals surface area (Å²) in [7, 11) is 0. The lowest BCUT2D eigenvalue weighted by molar-refractivity contribution is -0.125. The number of carbonyl (C=O) groups is 1. The first-order valence-electron chi connectivity index (χ1n) is 8.64. The maximum atomic E-state index is 12.9. The van der Waals surface area contributed by atoms with Crippen LogP contribution in [-0.2, 0) is 11.3 Å². The molecule has 0 aromatic heterocycles. The van der Waals surface area contributed by atoms with Crippen molar-refractivity contribution in [2.24, 2.45) is 0 Å². The molecular formula is C21H26N2O. The van der Waals surface area contributed by atoms with Gasteiger partial charge in [0.2, 0.25) is 5.91 Å². The van der Waals surface area contributed by atoms with Gasteiger partial charge in [-0.05, 0) is 62.1 Å². The van der Waals surface area contributed by atoms with Crippen molar-refractivity contribution >= 4 is 11.6 Å². The van der Waals surface area contributed by atoms with E-state index in [4.69, 9.17) is 0 Å². The molecule has 0 N–H and O–H groups in total. The Balaban J connectivity index is 1.76. The number of hydrogen-bond acceptors (Lipinski definition) is 2. The number of piperazine rings is 1. The maximum absolute atomic E-state index is 12.9. The first-order chi connectivity index (χ1) is 11.5. The third kappa shape index (κ3) is 3.22. The molecule has 0 radical (unpaired) electrons. The summed E-state index contributed by atoms with van der Waals surface area (Å²) in [6.07, 6.45) is 0. The molecule has 1 fully saturated rings. The highest BCUT2D eigenvalue weighted by Gasteiger charge is 2.32. The van der Waals surface area contributed by atoms with Gasteiger partial charge in [0.1, 0.15) is 0 Å². The average molecular weight is 322 g/mol. The quantitative estimate of drug-likeness (QED) is 0.857. The van der Waals surface area contributed by atoms with Crippen LogP contribution < -0.4 is 4.90 Å². The van der Waals surface area contributed by atoms with E-state index in [0.717, 1.165) is 25.3 Å². The number of rotatable bonds is 3. The van der Waals surface area contributed by atoms with Gasteiger partial charge in [0, 0.05) is 25.3 Å². The predicted octanol–water partition coefficient (Wildman–Crippen LogP) is 3.85. The van der Waals surface area contributed by atoms with Gasteiger partial charge < -0.3 is 4.90 Å². The molecule has 1 aliphatic rings. The van der Waals surface area contributed by atoms with E-state index in [1.807, 2.05) is 11.8 Å². The van der Waals surface area contributed by atoms with Crippen molar-refractivity contribution in [1.29, 1.82) is 0 Å². The van der Waals surface area contributed by atoms with Crippen LogP contribution in [0.3, 0.4) is 0 Å². The number of hydrogen-bond donors (Lipinski definition) is 0. The molecule has 1 heterocycles. The zero-order valence-electron chi connectivity index (χ0n) is 15.0. The number of carbonyl (C=O) groups excluding carboxylic acids is 1. The van der Waals surface area contributed by atoms with Crippen LogP contribution in [0.4, 0.5) is 5.69 Å². The lowest BCUT2D eigenvalue weighted by atomic mass is 10.0. The summed E-state index contributed by atoms with van der Waals surface area (Å²) in [4.78, 5) is 17.1. The molecule has 0 saturated carbocycles. The minimum absolute atomic E-state index is 0.0973. The van der Waals surface area contributed by atoms with Gasteiger partial charge in [0.05, 0.1) is 6.04 Å². The molecule has 3 rings (SSSR count). The standard InChI is InChI=1S/C21H26N2O/c1-15-9-10-20(13-17(15)3)23-12-11-22(18(4)21(23)24)14-19-8-6-5-7-16(19)2/h5-10,13,18H,11-12,14H2,1-4H3. The predicted molar refractivity (Wildman–Crippen MR) is 99.3 cm³/mol. The number of benzene rings is 2. The molecule has 126 valence electrons. The largest absolute Gasteiger partial charge is 0.310 e. The minimum Gasteiger partial charge on any atom is -0.310 e. The van der Waals surface area contributed by atoms with Gasteiger partial charge in [0.15, 0.2) is 0 Å². The van der Waals surface area contributed by atoms with Crippen LogP contribution in [0.25, 0.3) is 0 Å². The second-order valence-corrected chi connectivity index (χ2v) is 6.83. The maximum Gasteiger partial charge on any atom is 0.244 e. The van der Waals surface area contributed by atoms with E-state index in [1.54, 1.807) is 0 Å². The van der Waals surface area contributed by atoms with Gasteiger partial charge in [-0.3, -0.25) is 9.69 Å². The van der Waals surface area contributed by atoms with E-state index < -0.39 is 0 Å². The van der Waals surface area contributed by atoms with Crippen LogP contribution in [-0.4, -0.2) is 29.9 Å². The minimum atomic E-state index is -0.0973. The Hall–Kier alpha value is -2.13. The molecule has 1 saturated heterocycles. The summed E-state index contributed by atoms with van der Waals surface area (Å²) in [6, 6.07) is 14.6. The lowest BCUT2D eigenvalue weighted by Gasteiger charge is -2.39. The zero-order chi connectivity index (χ0) is 17.3. The highest BCUT2D eigenvalue weighted by molar-refractivity contribution is 5.97. The molecule has 24 heavy (non-hydrogen) atoms. The fourth-order valence-corrected chi connectivity index (χ4v) is 3.29. The Morgan fingerprint density at radius 3 is 2.42 bits per heavy atom. The second kappa shape index (κ2) is 6.78. The summed E-state index contributed by atoms with van der Waals surface area (Å²) in [5, 5.41) is 0. The number of aryl methyl sites for hydroxylation is 3. The second-order valence-electron chi connectivity index (χ2n) is 6.83. The van der Waals surface area contributed by atoms with E-state index in [9.17, 15) is 4.79 Å². The van der Waals surface area contributed by atoms with Crippen molar-refractivity contribution in [3.05, 3.63) is 64.7 Å². The SMILES string of the molecule is Cc1ccc(N2CCN(Cc3ccccc3C)C(C)C2=O)cc1C. The molecule has 1 amide bonds. The molecule has 2 aromatic carbocycles. The smallest absolute Gasteiger partial charge is 0.244 e. The Kier molecular flexibility index (Phi) is 4.72. The van der Waals surface area contributed by atoms with Gasteiger partial charge in [0.25, 0.3) is 0 Å². The molecule has 1 aliphatic heterocycles. The number of anilines is 1. The normalized spacial score (nSPS) is 18.9. The molecule has 0 bridgehead atoms. The fourth-order valence-electron chi connectivity index (χ4n) is 3.29. The summed E-state index contributed by atoms with van der Waals surface area (Å²) < 4.78 is 0. The Bertz CT molecular complexity index is 753. The lowest BCUT2D eigenvalue weighted by Crippen LogP contribution is -2.55. The molecule has 0 spiro atoms. The van der Waals surface area contributed by atoms with Gasteiger partial charge in [-0.1, -0.05) is 30.3 Å². The molecular weight excluding hydrogens is 296 g/mol. The van der Waals surface area contributed by atoms with Crippen LogP contribution in [0.15, 0.2) is 42.5 Å². The van der Waals surface area contributed by atoms with Crippen molar-refractivity contribution in [2.75, 3.05) is 18.0 Å². The van der Waals surface area contributed by atoms with Crippen molar-refractivity contribution in [3.63, 3.8) is 0 Å². The van der Waals surface area contributed by atoms with Crippen molar-refractivity contribution < 1.29 is 4.79 Å². The van der Waals surface area contributed by atoms with E-state index >= 15 is 0 Å². The van der Waals surface area contributed by atoms with E-state index in [1.165, 1.54) is 22.3 Å². The Labute approximate surface area is 144 Å². The third-order valence-corrected chi connectivity index (χ3v) is 5.22. The summed E-state index contributed by atoms with van der Waals surface area (Å²) >= 11 is 0. The van der Waals surface area contributed by atoms with Gasteiger partial charge in [-0.15, -0.1) is 0 Å². The van der Waals surface area contributed by atoms with Crippen molar-refractivity contribution in [1.82, 2.24) is 4.90 Å². The van der Waals surface area contributed by atoms with Gasteiger partial charge in [-0.25, -0.2) is 0 Å². The summed E-state index contributed by atoms with van der Waals surface area (Å²) in [5.41, 5.74) is 6.10. The first kappa shape index (κ1) is 16.7. The van der Waals surface area contributed by atoms with Crippen molar-refractivity contribution in [2.45, 2.75) is 40.3 Å². The van der Waals surface area contributed by atoms with E-state index in [2.05, 4.69) is 68.1 Å². The highest BCUT2D eigenvalue weighted by Crippen LogP contribution is 2.24. The molecule has 0 aliphatic carbocycles. The van der Waals surface area contributed by atoms with Crippen LogP contribution in [0.1, 0.15) is 29.2 Å². The van der Waals surface area contributed by atoms with Gasteiger partial charge >= 0.3 is 0 Å². The Morgan fingerprint density at radius 1 is 0.958 bits per heavy atom. The monoisotopic (exact) mass is 322 g/mol. The molecule has 1 unspecified atom stereocenters. The molecule has 1 atom stereocenters. The fraction of sp³-hybridized carbons (Fsp3) is 0.381. The zero-order valence-corrected chi connectivity index (χ0v) is 15.0. The number of amides is 1. The molecule has 2 aromatic rings. The van der Waals surface area contributed by atoms with Crippen molar-refractivity contribution in [3.8, 4) is 0 Å².